The van der Waals surface area contributed by atoms with Crippen molar-refractivity contribution in [2.75, 3.05) is 7.11 Å². The molecule has 136 valence electrons. The van der Waals surface area contributed by atoms with E-state index in [1.54, 1.807) is 18.2 Å². The maximum atomic E-state index is 13.3. The third-order valence-corrected chi connectivity index (χ3v) is 3.99. The van der Waals surface area contributed by atoms with E-state index in [-0.39, 0.29) is 17.2 Å². The van der Waals surface area contributed by atoms with E-state index in [1.807, 2.05) is 30.3 Å². The minimum Gasteiger partial charge on any atom is -0.464 e. The molecule has 2 aromatic carbocycles. The van der Waals surface area contributed by atoms with Crippen LogP contribution in [0.5, 0.6) is 0 Å². The molecule has 1 unspecified atom stereocenters. The minimum absolute atomic E-state index is 0.0446. The Bertz CT molecular complexity index is 943. The number of nitrogens with one attached hydrogen (secondary N) is 1. The second-order valence-corrected chi connectivity index (χ2v) is 5.77. The first-order valence-corrected chi connectivity index (χ1v) is 8.25. The number of nitrogens with zero attached hydrogens (tertiary/aromatic N) is 1. The number of rotatable bonds is 5. The third-order valence-electron chi connectivity index (χ3n) is 3.99. The summed E-state index contributed by atoms with van der Waals surface area (Å²) in [5, 5.41) is 2.89. The van der Waals surface area contributed by atoms with Crippen LogP contribution in [0.2, 0.25) is 0 Å². The molecule has 0 aliphatic rings. The number of hydrogen-bond donors (Lipinski definition) is 1. The predicted molar refractivity (Wildman–Crippen MR) is 97.7 cm³/mol. The van der Waals surface area contributed by atoms with Crippen molar-refractivity contribution in [3.05, 3.63) is 101 Å². The molecule has 0 aliphatic heterocycles. The van der Waals surface area contributed by atoms with Crippen LogP contribution in [-0.4, -0.2) is 24.0 Å². The van der Waals surface area contributed by atoms with E-state index in [4.69, 9.17) is 0 Å². The Morgan fingerprint density at radius 3 is 2.19 bits per heavy atom. The Morgan fingerprint density at radius 1 is 0.889 bits per heavy atom. The average molecular weight is 364 g/mol. The predicted octanol–water partition coefficient (Wildman–Crippen LogP) is 3.53. The summed E-state index contributed by atoms with van der Waals surface area (Å²) in [7, 11) is 1.25. The van der Waals surface area contributed by atoms with E-state index in [9.17, 15) is 14.0 Å². The Morgan fingerprint density at radius 2 is 1.52 bits per heavy atom. The number of pyridine rings is 1. The Balaban J connectivity index is 1.91. The number of esters is 1. The zero-order valence-electron chi connectivity index (χ0n) is 14.6. The van der Waals surface area contributed by atoms with Gasteiger partial charge in [-0.2, -0.15) is 0 Å². The number of hydrogen-bond acceptors (Lipinski definition) is 4. The maximum absolute atomic E-state index is 13.3. The second kappa shape index (κ2) is 8.23. The number of carbonyl (C=O) groups is 2. The average Bonchev–Trinajstić information content (AvgIpc) is 2.72. The number of carbonyl (C=O) groups excluding carboxylic acids is 2. The van der Waals surface area contributed by atoms with Gasteiger partial charge in [0.05, 0.1) is 13.2 Å². The van der Waals surface area contributed by atoms with Crippen LogP contribution in [0.15, 0.2) is 72.8 Å². The van der Waals surface area contributed by atoms with Crippen molar-refractivity contribution in [1.82, 2.24) is 10.3 Å². The summed E-state index contributed by atoms with van der Waals surface area (Å²) >= 11 is 0. The van der Waals surface area contributed by atoms with Gasteiger partial charge < -0.3 is 10.1 Å². The zero-order valence-corrected chi connectivity index (χ0v) is 14.6. The van der Waals surface area contributed by atoms with E-state index in [0.717, 1.165) is 11.1 Å². The van der Waals surface area contributed by atoms with E-state index in [1.165, 1.54) is 31.4 Å². The number of amides is 1. The first-order chi connectivity index (χ1) is 13.1. The molecule has 1 amide bonds. The molecule has 3 aromatic rings. The number of ether oxygens (including phenoxy) is 1. The van der Waals surface area contributed by atoms with Gasteiger partial charge in [-0.15, -0.1) is 0 Å². The van der Waals surface area contributed by atoms with Gasteiger partial charge in [-0.3, -0.25) is 4.79 Å². The number of methoxy groups -OCH3 is 1. The molecule has 1 atom stereocenters. The molecule has 0 radical (unpaired) electrons. The van der Waals surface area contributed by atoms with Crippen LogP contribution >= 0.6 is 0 Å². The lowest BCUT2D eigenvalue weighted by atomic mass is 9.98. The Hall–Kier alpha value is -3.54. The van der Waals surface area contributed by atoms with Crippen molar-refractivity contribution in [1.29, 1.82) is 0 Å². The van der Waals surface area contributed by atoms with Crippen LogP contribution in [0.4, 0.5) is 4.39 Å². The highest BCUT2D eigenvalue weighted by Crippen LogP contribution is 2.22. The smallest absolute Gasteiger partial charge is 0.356 e. The number of halogens is 1. The van der Waals surface area contributed by atoms with Gasteiger partial charge in [-0.1, -0.05) is 48.5 Å². The van der Waals surface area contributed by atoms with E-state index in [0.29, 0.717) is 0 Å². The molecule has 1 N–H and O–H groups in total. The van der Waals surface area contributed by atoms with Gasteiger partial charge >= 0.3 is 5.97 Å². The van der Waals surface area contributed by atoms with Crippen molar-refractivity contribution in [2.24, 2.45) is 0 Å². The summed E-state index contributed by atoms with van der Waals surface area (Å²) in [6.45, 7) is 0. The summed E-state index contributed by atoms with van der Waals surface area (Å²) in [5.41, 5.74) is 1.69. The Kier molecular flexibility index (Phi) is 5.56. The molecule has 27 heavy (non-hydrogen) atoms. The lowest BCUT2D eigenvalue weighted by Gasteiger charge is -2.20. The third kappa shape index (κ3) is 4.36. The molecule has 0 saturated heterocycles. The van der Waals surface area contributed by atoms with Gasteiger partial charge in [-0.05, 0) is 35.4 Å². The molecule has 6 heteroatoms. The normalized spacial score (nSPS) is 11.5. The van der Waals surface area contributed by atoms with Gasteiger partial charge in [0.2, 0.25) is 0 Å². The van der Waals surface area contributed by atoms with Gasteiger partial charge in [0, 0.05) is 0 Å². The second-order valence-electron chi connectivity index (χ2n) is 5.77. The molecular weight excluding hydrogens is 347 g/mol. The first kappa shape index (κ1) is 18.3. The SMILES string of the molecule is COC(=O)c1cccc(C(=O)NC(c2ccccc2)c2ccc(F)cc2)n1. The quantitative estimate of drug-likeness (QED) is 0.704. The van der Waals surface area contributed by atoms with Gasteiger partial charge in [0.15, 0.2) is 0 Å². The standard InChI is InChI=1S/C21H17FN2O3/c1-27-21(26)18-9-5-8-17(23-18)20(25)24-19(14-6-3-2-4-7-14)15-10-12-16(22)13-11-15/h2-13,19H,1H3,(H,24,25). The monoisotopic (exact) mass is 364 g/mol. The van der Waals surface area contributed by atoms with E-state index >= 15 is 0 Å². The largest absolute Gasteiger partial charge is 0.464 e. The zero-order chi connectivity index (χ0) is 19.2. The Labute approximate surface area is 155 Å². The van der Waals surface area contributed by atoms with Crippen molar-refractivity contribution in [3.63, 3.8) is 0 Å². The van der Waals surface area contributed by atoms with Crippen molar-refractivity contribution < 1.29 is 18.7 Å². The fourth-order valence-electron chi connectivity index (χ4n) is 2.64. The van der Waals surface area contributed by atoms with Crippen LogP contribution in [-0.2, 0) is 4.74 Å². The molecule has 0 aliphatic carbocycles. The van der Waals surface area contributed by atoms with Crippen LogP contribution in [0.25, 0.3) is 0 Å². The van der Waals surface area contributed by atoms with Crippen LogP contribution in [0.3, 0.4) is 0 Å². The molecule has 5 nitrogen and oxygen atoms in total. The molecule has 0 spiro atoms. The minimum atomic E-state index is -0.622. The fraction of sp³-hybridized carbons (Fsp3) is 0.0952. The van der Waals surface area contributed by atoms with Crippen LogP contribution in [0.1, 0.15) is 38.1 Å². The molecule has 0 saturated carbocycles. The summed E-state index contributed by atoms with van der Waals surface area (Å²) in [4.78, 5) is 28.4. The van der Waals surface area contributed by atoms with Crippen molar-refractivity contribution in [2.45, 2.75) is 6.04 Å². The first-order valence-electron chi connectivity index (χ1n) is 8.25. The lowest BCUT2D eigenvalue weighted by Crippen LogP contribution is -2.30. The van der Waals surface area contributed by atoms with Crippen molar-refractivity contribution in [3.8, 4) is 0 Å². The highest BCUT2D eigenvalue weighted by molar-refractivity contribution is 5.95. The van der Waals surface area contributed by atoms with Gasteiger partial charge in [0.25, 0.3) is 5.91 Å². The van der Waals surface area contributed by atoms with Crippen LogP contribution < -0.4 is 5.32 Å². The summed E-state index contributed by atoms with van der Waals surface area (Å²) in [6, 6.07) is 19.3. The van der Waals surface area contributed by atoms with Crippen molar-refractivity contribution >= 4 is 11.9 Å². The van der Waals surface area contributed by atoms with E-state index < -0.39 is 17.9 Å². The molecule has 0 bridgehead atoms. The van der Waals surface area contributed by atoms with Gasteiger partial charge in [0.1, 0.15) is 17.2 Å². The van der Waals surface area contributed by atoms with Crippen LogP contribution in [0, 0.1) is 5.82 Å². The van der Waals surface area contributed by atoms with Gasteiger partial charge in [-0.25, -0.2) is 14.2 Å². The summed E-state index contributed by atoms with van der Waals surface area (Å²) < 4.78 is 17.9. The maximum Gasteiger partial charge on any atom is 0.356 e. The summed E-state index contributed by atoms with van der Waals surface area (Å²) in [6.07, 6.45) is 0. The molecule has 0 fully saturated rings. The number of aromatic nitrogens is 1. The highest BCUT2D eigenvalue weighted by atomic mass is 19.1. The molecule has 1 heterocycles. The summed E-state index contributed by atoms with van der Waals surface area (Å²) in [5.74, 6) is -1.44. The fourth-order valence-corrected chi connectivity index (χ4v) is 2.64. The molecular formula is C21H17FN2O3. The number of benzene rings is 2. The lowest BCUT2D eigenvalue weighted by molar-refractivity contribution is 0.0594. The molecule has 3 rings (SSSR count). The van der Waals surface area contributed by atoms with E-state index in [2.05, 4.69) is 15.0 Å². The highest BCUT2D eigenvalue weighted by Gasteiger charge is 2.19. The molecule has 1 aromatic heterocycles. The topological polar surface area (TPSA) is 68.3 Å².